The molecule has 15 heavy (non-hydrogen) atoms. The number of rotatable bonds is 6. The van der Waals surface area contributed by atoms with E-state index in [1.54, 1.807) is 0 Å². The minimum absolute atomic E-state index is 0.203. The number of hydrogen-bond acceptors (Lipinski definition) is 4. The van der Waals surface area contributed by atoms with Gasteiger partial charge in [-0.05, 0) is 6.42 Å². The zero-order chi connectivity index (χ0) is 11.3. The molecule has 1 aromatic heterocycles. The first-order valence-corrected chi connectivity index (χ1v) is 5.85. The molecule has 0 aliphatic carbocycles. The van der Waals surface area contributed by atoms with Gasteiger partial charge >= 0.3 is 5.97 Å². The van der Waals surface area contributed by atoms with Crippen LogP contribution in [0.3, 0.4) is 0 Å². The third-order valence-corrected chi connectivity index (χ3v) is 2.73. The molecule has 1 aromatic rings. The van der Waals surface area contributed by atoms with Crippen molar-refractivity contribution in [3.63, 3.8) is 0 Å². The zero-order valence-corrected chi connectivity index (χ0v) is 9.67. The second-order valence-corrected chi connectivity index (χ2v) is 4.57. The van der Waals surface area contributed by atoms with E-state index in [1.165, 1.54) is 11.8 Å². The molecule has 0 spiro atoms. The minimum atomic E-state index is -0.756. The van der Waals surface area contributed by atoms with Crippen molar-refractivity contribution < 1.29 is 9.90 Å². The molecule has 5 nitrogen and oxygen atoms in total. The summed E-state index contributed by atoms with van der Waals surface area (Å²) in [5.74, 6) is 1.19. The van der Waals surface area contributed by atoms with Gasteiger partial charge in [0.1, 0.15) is 5.82 Å². The average Bonchev–Trinajstić information content (AvgIpc) is 2.60. The number of carbonyl (C=O) groups is 1. The Labute approximate surface area is 92.7 Å². The summed E-state index contributed by atoms with van der Waals surface area (Å²) in [7, 11) is 0. The Bertz CT molecular complexity index is 325. The van der Waals surface area contributed by atoms with Crippen LogP contribution in [0.4, 0.5) is 0 Å². The number of nitrogens with one attached hydrogen (secondary N) is 1. The second kappa shape index (κ2) is 5.75. The number of thioether (sulfide) groups is 1. The van der Waals surface area contributed by atoms with Gasteiger partial charge in [0.25, 0.3) is 0 Å². The molecule has 0 unspecified atom stereocenters. The van der Waals surface area contributed by atoms with E-state index in [0.29, 0.717) is 17.5 Å². The molecular weight excluding hydrogens is 214 g/mol. The van der Waals surface area contributed by atoms with E-state index in [-0.39, 0.29) is 6.42 Å². The highest BCUT2D eigenvalue weighted by Gasteiger charge is 2.06. The number of aromatic nitrogens is 3. The lowest BCUT2D eigenvalue weighted by Crippen LogP contribution is -1.95. The molecule has 0 aliphatic heterocycles. The van der Waals surface area contributed by atoms with Crippen LogP contribution in [0.25, 0.3) is 0 Å². The quantitative estimate of drug-likeness (QED) is 0.575. The van der Waals surface area contributed by atoms with Crippen molar-refractivity contribution in [2.75, 3.05) is 5.75 Å². The molecule has 0 aromatic carbocycles. The number of aromatic amines is 1. The zero-order valence-electron chi connectivity index (χ0n) is 8.86. The first kappa shape index (κ1) is 12.0. The summed E-state index contributed by atoms with van der Waals surface area (Å²) in [5, 5.41) is 16.0. The van der Waals surface area contributed by atoms with Crippen molar-refractivity contribution >= 4 is 17.7 Å². The summed E-state index contributed by atoms with van der Waals surface area (Å²) in [6.07, 6.45) is 0.847. The summed E-state index contributed by atoms with van der Waals surface area (Å²) >= 11 is 1.48. The van der Waals surface area contributed by atoms with Crippen LogP contribution in [0.1, 0.15) is 38.4 Å². The summed E-state index contributed by atoms with van der Waals surface area (Å²) < 4.78 is 0. The predicted octanol–water partition coefficient (Wildman–Crippen LogP) is 1.89. The summed E-state index contributed by atoms with van der Waals surface area (Å²) in [5.41, 5.74) is 0. The van der Waals surface area contributed by atoms with Gasteiger partial charge in [-0.15, -0.1) is 5.10 Å². The lowest BCUT2D eigenvalue weighted by molar-refractivity contribution is -0.137. The first-order valence-electron chi connectivity index (χ1n) is 4.86. The van der Waals surface area contributed by atoms with Gasteiger partial charge in [-0.2, -0.15) is 0 Å². The summed E-state index contributed by atoms with van der Waals surface area (Å²) in [6.45, 7) is 4.08. The van der Waals surface area contributed by atoms with E-state index in [9.17, 15) is 4.79 Å². The fraction of sp³-hybridized carbons (Fsp3) is 0.667. The molecule has 1 heterocycles. The fourth-order valence-corrected chi connectivity index (χ4v) is 1.71. The maximum atomic E-state index is 10.3. The first-order chi connectivity index (χ1) is 7.09. The van der Waals surface area contributed by atoms with Gasteiger partial charge in [0.05, 0.1) is 0 Å². The third kappa shape index (κ3) is 4.33. The highest BCUT2D eigenvalue weighted by Crippen LogP contribution is 2.17. The molecule has 2 N–H and O–H groups in total. The monoisotopic (exact) mass is 229 g/mol. The number of carboxylic acids is 1. The minimum Gasteiger partial charge on any atom is -0.481 e. The molecule has 0 saturated heterocycles. The van der Waals surface area contributed by atoms with Gasteiger partial charge in [-0.1, -0.05) is 25.6 Å². The van der Waals surface area contributed by atoms with Gasteiger partial charge in [0.2, 0.25) is 5.16 Å². The lowest BCUT2D eigenvalue weighted by Gasteiger charge is -1.95. The largest absolute Gasteiger partial charge is 0.481 e. The van der Waals surface area contributed by atoms with Crippen LogP contribution in [0.2, 0.25) is 0 Å². The highest BCUT2D eigenvalue weighted by atomic mass is 32.2. The van der Waals surface area contributed by atoms with Gasteiger partial charge in [-0.25, -0.2) is 4.98 Å². The molecule has 0 bridgehead atoms. The summed E-state index contributed by atoms with van der Waals surface area (Å²) in [6, 6.07) is 0. The average molecular weight is 229 g/mol. The number of hydrogen-bond donors (Lipinski definition) is 2. The van der Waals surface area contributed by atoms with Gasteiger partial charge in [-0.3, -0.25) is 9.89 Å². The van der Waals surface area contributed by atoms with Crippen molar-refractivity contribution in [2.45, 2.75) is 37.8 Å². The molecule has 84 valence electrons. The molecule has 1 rings (SSSR count). The molecule has 6 heteroatoms. The van der Waals surface area contributed by atoms with E-state index < -0.39 is 5.97 Å². The fourth-order valence-electron chi connectivity index (χ4n) is 0.968. The van der Waals surface area contributed by atoms with E-state index in [1.807, 2.05) is 13.8 Å². The van der Waals surface area contributed by atoms with E-state index in [2.05, 4.69) is 15.2 Å². The Morgan fingerprint density at radius 3 is 2.87 bits per heavy atom. The van der Waals surface area contributed by atoms with Crippen LogP contribution < -0.4 is 0 Å². The van der Waals surface area contributed by atoms with Crippen molar-refractivity contribution in [1.82, 2.24) is 15.2 Å². The third-order valence-electron chi connectivity index (χ3n) is 1.80. The van der Waals surface area contributed by atoms with E-state index in [0.717, 1.165) is 11.6 Å². The van der Waals surface area contributed by atoms with Crippen molar-refractivity contribution in [1.29, 1.82) is 0 Å². The number of aliphatic carboxylic acids is 1. The number of carboxylic acid groups (broad SMARTS) is 1. The van der Waals surface area contributed by atoms with E-state index in [4.69, 9.17) is 5.11 Å². The SMILES string of the molecule is CC(C)c1nc(SCCCC(=O)O)n[nH]1. The smallest absolute Gasteiger partial charge is 0.303 e. The Balaban J connectivity index is 2.28. The molecule has 0 fully saturated rings. The number of H-pyrrole nitrogens is 1. The van der Waals surface area contributed by atoms with Gasteiger partial charge in [0.15, 0.2) is 0 Å². The van der Waals surface area contributed by atoms with Crippen LogP contribution in [-0.4, -0.2) is 32.0 Å². The van der Waals surface area contributed by atoms with Gasteiger partial charge < -0.3 is 5.11 Å². The standard InChI is InChI=1S/C9H15N3O2S/c1-6(2)8-10-9(12-11-8)15-5-3-4-7(13)14/h6H,3-5H2,1-2H3,(H,13,14)(H,10,11,12). The Morgan fingerprint density at radius 2 is 2.33 bits per heavy atom. The molecule has 0 saturated carbocycles. The maximum Gasteiger partial charge on any atom is 0.303 e. The topological polar surface area (TPSA) is 78.9 Å². The molecule has 0 atom stereocenters. The molecule has 0 radical (unpaired) electrons. The van der Waals surface area contributed by atoms with Crippen LogP contribution in [0.5, 0.6) is 0 Å². The van der Waals surface area contributed by atoms with E-state index >= 15 is 0 Å². The maximum absolute atomic E-state index is 10.3. The van der Waals surface area contributed by atoms with Crippen molar-refractivity contribution in [2.24, 2.45) is 0 Å². The highest BCUT2D eigenvalue weighted by molar-refractivity contribution is 7.99. The Kier molecular flexibility index (Phi) is 4.61. The predicted molar refractivity (Wildman–Crippen MR) is 58.1 cm³/mol. The Morgan fingerprint density at radius 1 is 1.60 bits per heavy atom. The molecule has 0 amide bonds. The van der Waals surface area contributed by atoms with Crippen LogP contribution in [0, 0.1) is 0 Å². The normalized spacial score (nSPS) is 10.9. The van der Waals surface area contributed by atoms with Crippen molar-refractivity contribution in [3.05, 3.63) is 5.82 Å². The Hall–Kier alpha value is -1.04. The second-order valence-electron chi connectivity index (χ2n) is 3.50. The van der Waals surface area contributed by atoms with Crippen LogP contribution in [0.15, 0.2) is 5.16 Å². The van der Waals surface area contributed by atoms with Crippen LogP contribution in [-0.2, 0) is 4.79 Å². The molecular formula is C9H15N3O2S. The number of nitrogens with zero attached hydrogens (tertiary/aromatic N) is 2. The van der Waals surface area contributed by atoms with Gasteiger partial charge in [0, 0.05) is 18.1 Å². The van der Waals surface area contributed by atoms with Crippen molar-refractivity contribution in [3.8, 4) is 0 Å². The lowest BCUT2D eigenvalue weighted by atomic mass is 10.2. The van der Waals surface area contributed by atoms with Crippen LogP contribution >= 0.6 is 11.8 Å². The molecule has 0 aliphatic rings. The summed E-state index contributed by atoms with van der Waals surface area (Å²) in [4.78, 5) is 14.5.